The standard InChI is InChI=1S/C28H31N7O/c1-19-13-25(32-31-19)21-14-24(27-22(16-29)17-30-35(27)18-21)20-5-7-23(8-6-20)33-9-11-34(12-10-33)26(36)15-28(2,3)4/h5-8,13-14,17-18H,9-12,15H2,1-4H3,(H,31,32). The van der Waals surface area contributed by atoms with E-state index in [1.54, 1.807) is 10.7 Å². The topological polar surface area (TPSA) is 93.3 Å². The monoisotopic (exact) mass is 481 g/mol. The highest BCUT2D eigenvalue weighted by Gasteiger charge is 2.25. The van der Waals surface area contributed by atoms with Crippen LogP contribution >= 0.6 is 0 Å². The number of aromatic nitrogens is 4. The van der Waals surface area contributed by atoms with Crippen LogP contribution in [-0.2, 0) is 4.79 Å². The number of carbonyl (C=O) groups is 1. The summed E-state index contributed by atoms with van der Waals surface area (Å²) >= 11 is 0. The molecule has 0 atom stereocenters. The maximum Gasteiger partial charge on any atom is 0.223 e. The third-order valence-electron chi connectivity index (χ3n) is 6.59. The smallest absolute Gasteiger partial charge is 0.223 e. The van der Waals surface area contributed by atoms with Gasteiger partial charge in [0.15, 0.2) is 0 Å². The molecule has 3 aromatic heterocycles. The van der Waals surface area contributed by atoms with Crippen LogP contribution < -0.4 is 4.90 Å². The fraction of sp³-hybridized carbons (Fsp3) is 0.357. The Labute approximate surface area is 211 Å². The Morgan fingerprint density at radius 3 is 2.42 bits per heavy atom. The average Bonchev–Trinajstić information content (AvgIpc) is 3.48. The highest BCUT2D eigenvalue weighted by atomic mass is 16.2. The molecule has 184 valence electrons. The Balaban J connectivity index is 1.40. The maximum absolute atomic E-state index is 12.6. The van der Waals surface area contributed by atoms with Crippen LogP contribution in [0.3, 0.4) is 0 Å². The highest BCUT2D eigenvalue weighted by molar-refractivity contribution is 5.87. The minimum Gasteiger partial charge on any atom is -0.368 e. The Morgan fingerprint density at radius 1 is 1.08 bits per heavy atom. The summed E-state index contributed by atoms with van der Waals surface area (Å²) in [4.78, 5) is 16.9. The first kappa shape index (κ1) is 23.6. The van der Waals surface area contributed by atoms with E-state index >= 15 is 0 Å². The molecule has 1 aliphatic rings. The van der Waals surface area contributed by atoms with E-state index in [9.17, 15) is 10.1 Å². The minimum absolute atomic E-state index is 0.00366. The van der Waals surface area contributed by atoms with Crippen molar-refractivity contribution in [2.45, 2.75) is 34.1 Å². The van der Waals surface area contributed by atoms with Crippen LogP contribution in [0.2, 0.25) is 0 Å². The van der Waals surface area contributed by atoms with Gasteiger partial charge in [0.2, 0.25) is 5.91 Å². The van der Waals surface area contributed by atoms with E-state index in [2.05, 4.69) is 77.4 Å². The van der Waals surface area contributed by atoms with Crippen molar-refractivity contribution in [2.24, 2.45) is 5.41 Å². The number of rotatable bonds is 4. The van der Waals surface area contributed by atoms with Gasteiger partial charge in [0.1, 0.15) is 6.07 Å². The summed E-state index contributed by atoms with van der Waals surface area (Å²) in [7, 11) is 0. The molecule has 8 nitrogen and oxygen atoms in total. The second kappa shape index (κ2) is 9.15. The Morgan fingerprint density at radius 2 is 1.81 bits per heavy atom. The molecular formula is C28H31N7O. The largest absolute Gasteiger partial charge is 0.368 e. The van der Waals surface area contributed by atoms with Gasteiger partial charge in [-0.1, -0.05) is 32.9 Å². The maximum atomic E-state index is 12.6. The van der Waals surface area contributed by atoms with Crippen LogP contribution in [0.25, 0.3) is 27.9 Å². The lowest BCUT2D eigenvalue weighted by atomic mass is 9.91. The van der Waals surface area contributed by atoms with Crippen molar-refractivity contribution in [3.05, 3.63) is 60.0 Å². The summed E-state index contributed by atoms with van der Waals surface area (Å²) in [6, 6.07) is 14.8. The van der Waals surface area contributed by atoms with Crippen molar-refractivity contribution in [2.75, 3.05) is 31.1 Å². The molecule has 1 amide bonds. The lowest BCUT2D eigenvalue weighted by molar-refractivity contribution is -0.133. The number of aromatic amines is 1. The fourth-order valence-electron chi connectivity index (χ4n) is 4.76. The number of nitriles is 1. The Bertz CT molecular complexity index is 1440. The second-order valence-corrected chi connectivity index (χ2v) is 10.7. The van der Waals surface area contributed by atoms with Gasteiger partial charge in [-0.15, -0.1) is 0 Å². The number of fused-ring (bicyclic) bond motifs is 1. The van der Waals surface area contributed by atoms with Crippen LogP contribution in [0, 0.1) is 23.7 Å². The van der Waals surface area contributed by atoms with E-state index in [0.29, 0.717) is 12.0 Å². The zero-order valence-corrected chi connectivity index (χ0v) is 21.2. The van der Waals surface area contributed by atoms with Crippen molar-refractivity contribution in [3.8, 4) is 28.5 Å². The van der Waals surface area contributed by atoms with Crippen LogP contribution in [0.1, 0.15) is 38.4 Å². The highest BCUT2D eigenvalue weighted by Crippen LogP contribution is 2.33. The number of nitrogens with one attached hydrogen (secondary N) is 1. The molecule has 0 saturated carbocycles. The van der Waals surface area contributed by atoms with Crippen LogP contribution in [-0.4, -0.2) is 56.8 Å². The normalized spacial score (nSPS) is 14.3. The summed E-state index contributed by atoms with van der Waals surface area (Å²) in [6.07, 6.45) is 4.09. The SMILES string of the molecule is Cc1cc(-c2cc(-c3ccc(N4CCN(C(=O)CC(C)(C)C)CC4)cc3)c3c(C#N)cnn3c2)n[nH]1. The first-order valence-corrected chi connectivity index (χ1v) is 12.3. The average molecular weight is 482 g/mol. The number of benzene rings is 1. The van der Waals surface area contributed by atoms with Crippen LogP contribution in [0.15, 0.2) is 48.8 Å². The van der Waals surface area contributed by atoms with E-state index < -0.39 is 0 Å². The van der Waals surface area contributed by atoms with Crippen LogP contribution in [0.5, 0.6) is 0 Å². The molecule has 5 rings (SSSR count). The third-order valence-corrected chi connectivity index (χ3v) is 6.59. The predicted molar refractivity (Wildman–Crippen MR) is 141 cm³/mol. The van der Waals surface area contributed by atoms with E-state index in [4.69, 9.17) is 0 Å². The van der Waals surface area contributed by atoms with Crippen molar-refractivity contribution in [3.63, 3.8) is 0 Å². The number of amides is 1. The molecule has 0 unspecified atom stereocenters. The molecule has 8 heteroatoms. The van der Waals surface area contributed by atoms with Crippen LogP contribution in [0.4, 0.5) is 5.69 Å². The molecular weight excluding hydrogens is 450 g/mol. The van der Waals surface area contributed by atoms with Gasteiger partial charge in [-0.05, 0) is 42.2 Å². The molecule has 1 N–H and O–H groups in total. The molecule has 0 spiro atoms. The third kappa shape index (κ3) is 4.69. The number of carbonyl (C=O) groups excluding carboxylic acids is 1. The molecule has 4 aromatic rings. The predicted octanol–water partition coefficient (Wildman–Crippen LogP) is 4.66. The molecule has 1 aromatic carbocycles. The molecule has 1 aliphatic heterocycles. The lowest BCUT2D eigenvalue weighted by Crippen LogP contribution is -2.49. The van der Waals surface area contributed by atoms with Crippen molar-refractivity contribution in [1.82, 2.24) is 24.7 Å². The Hall–Kier alpha value is -4.12. The van der Waals surface area contributed by atoms with Gasteiger partial charge in [0.05, 0.1) is 23.0 Å². The Kier molecular flexibility index (Phi) is 6.00. The minimum atomic E-state index is 0.00366. The van der Waals surface area contributed by atoms with Gasteiger partial charge in [-0.25, -0.2) is 4.52 Å². The van der Waals surface area contributed by atoms with Gasteiger partial charge in [-0.3, -0.25) is 9.89 Å². The summed E-state index contributed by atoms with van der Waals surface area (Å²) in [5.74, 6) is 0.239. The van der Waals surface area contributed by atoms with Gasteiger partial charge >= 0.3 is 0 Å². The molecule has 4 heterocycles. The lowest BCUT2D eigenvalue weighted by Gasteiger charge is -2.37. The van der Waals surface area contributed by atoms with Crippen molar-refractivity contribution >= 4 is 17.1 Å². The molecule has 1 fully saturated rings. The number of hydrogen-bond acceptors (Lipinski definition) is 5. The zero-order valence-electron chi connectivity index (χ0n) is 21.2. The van der Waals surface area contributed by atoms with E-state index in [-0.39, 0.29) is 11.3 Å². The first-order valence-electron chi connectivity index (χ1n) is 12.3. The fourth-order valence-corrected chi connectivity index (χ4v) is 4.76. The molecule has 1 saturated heterocycles. The number of pyridine rings is 1. The van der Waals surface area contributed by atoms with Crippen molar-refractivity contribution in [1.29, 1.82) is 5.26 Å². The molecule has 0 radical (unpaired) electrons. The quantitative estimate of drug-likeness (QED) is 0.458. The summed E-state index contributed by atoms with van der Waals surface area (Å²) in [5.41, 5.74) is 7.14. The van der Waals surface area contributed by atoms with Crippen molar-refractivity contribution < 1.29 is 4.79 Å². The number of aryl methyl sites for hydroxylation is 1. The van der Waals surface area contributed by atoms with Gasteiger partial charge in [0.25, 0.3) is 0 Å². The summed E-state index contributed by atoms with van der Waals surface area (Å²) in [5, 5.41) is 21.5. The number of H-pyrrole nitrogens is 1. The number of hydrogen-bond donors (Lipinski definition) is 1. The first-order chi connectivity index (χ1) is 17.2. The molecule has 0 bridgehead atoms. The summed E-state index contributed by atoms with van der Waals surface area (Å²) in [6.45, 7) is 11.4. The second-order valence-electron chi connectivity index (χ2n) is 10.7. The number of piperazine rings is 1. The molecule has 0 aliphatic carbocycles. The van der Waals surface area contributed by atoms with Gasteiger partial charge < -0.3 is 9.80 Å². The molecule has 36 heavy (non-hydrogen) atoms. The number of nitrogens with zero attached hydrogens (tertiary/aromatic N) is 6. The summed E-state index contributed by atoms with van der Waals surface area (Å²) < 4.78 is 1.76. The van der Waals surface area contributed by atoms with E-state index in [0.717, 1.165) is 65.5 Å². The number of anilines is 1. The van der Waals surface area contributed by atoms with Gasteiger partial charge in [-0.2, -0.15) is 15.5 Å². The van der Waals surface area contributed by atoms with E-state index in [1.165, 1.54) is 0 Å². The van der Waals surface area contributed by atoms with Gasteiger partial charge in [0, 0.05) is 61.3 Å². The zero-order chi connectivity index (χ0) is 25.4. The van der Waals surface area contributed by atoms with E-state index in [1.807, 2.05) is 24.1 Å².